The summed E-state index contributed by atoms with van der Waals surface area (Å²) in [5.74, 6) is 7.10. The second-order valence-corrected chi connectivity index (χ2v) is 5.57. The minimum atomic E-state index is -0.225. The summed E-state index contributed by atoms with van der Waals surface area (Å²) in [4.78, 5) is 2.37. The summed E-state index contributed by atoms with van der Waals surface area (Å²) >= 11 is 0. The average molecular weight is 288 g/mol. The van der Waals surface area contributed by atoms with E-state index in [0.717, 1.165) is 37.4 Å². The summed E-state index contributed by atoms with van der Waals surface area (Å²) in [6.07, 6.45) is 0.838. The zero-order chi connectivity index (χ0) is 15.2. The number of hydrogen-bond donors (Lipinski definition) is 2. The van der Waals surface area contributed by atoms with Crippen LogP contribution in [0.25, 0.3) is 0 Å². The smallest absolute Gasteiger partial charge is 0.134 e. The van der Waals surface area contributed by atoms with Gasteiger partial charge in [-0.15, -0.1) is 0 Å². The van der Waals surface area contributed by atoms with Gasteiger partial charge in [0.25, 0.3) is 0 Å². The van der Waals surface area contributed by atoms with Crippen LogP contribution in [0.15, 0.2) is 18.2 Å². The van der Waals surface area contributed by atoms with Gasteiger partial charge in [0, 0.05) is 13.1 Å². The van der Waals surface area contributed by atoms with Gasteiger partial charge >= 0.3 is 0 Å². The number of aliphatic hydroxyl groups is 1. The quantitative estimate of drug-likeness (QED) is 0.818. The average Bonchev–Trinajstić information content (AvgIpc) is 2.94. The number of benzene rings is 1. The van der Waals surface area contributed by atoms with Crippen molar-refractivity contribution in [1.29, 1.82) is 0 Å². The molecule has 1 heterocycles. The third kappa shape index (κ3) is 4.21. The molecule has 3 N–H and O–H groups in total. The number of nitrogens with two attached hydrogens (primary N) is 1. The van der Waals surface area contributed by atoms with Gasteiger partial charge < -0.3 is 15.6 Å². The Hall–Kier alpha value is -1.54. The highest BCUT2D eigenvalue weighted by atomic mass is 16.5. The summed E-state index contributed by atoms with van der Waals surface area (Å²) in [6, 6.07) is 6.09. The SMILES string of the molecule is COc1ccc(CN2CCC(C(C)O)C2)cc1C#CCN. The van der Waals surface area contributed by atoms with Gasteiger partial charge in [-0.25, -0.2) is 0 Å². The van der Waals surface area contributed by atoms with Crippen LogP contribution in [0.2, 0.25) is 0 Å². The van der Waals surface area contributed by atoms with Gasteiger partial charge in [-0.3, -0.25) is 4.90 Å². The Morgan fingerprint density at radius 2 is 2.33 bits per heavy atom. The molecule has 114 valence electrons. The van der Waals surface area contributed by atoms with Crippen LogP contribution >= 0.6 is 0 Å². The molecule has 0 saturated carbocycles. The fraction of sp³-hybridized carbons (Fsp3) is 0.529. The Balaban J connectivity index is 2.07. The van der Waals surface area contributed by atoms with Crippen molar-refractivity contribution in [2.75, 3.05) is 26.7 Å². The van der Waals surface area contributed by atoms with Crippen molar-refractivity contribution in [3.8, 4) is 17.6 Å². The first-order valence-electron chi connectivity index (χ1n) is 7.40. The lowest BCUT2D eigenvalue weighted by Gasteiger charge is -2.18. The first-order chi connectivity index (χ1) is 10.1. The molecule has 0 aliphatic carbocycles. The molecule has 1 saturated heterocycles. The molecule has 4 heteroatoms. The molecule has 1 aliphatic rings. The van der Waals surface area contributed by atoms with Crippen molar-refractivity contribution < 1.29 is 9.84 Å². The van der Waals surface area contributed by atoms with Crippen LogP contribution < -0.4 is 10.5 Å². The maximum absolute atomic E-state index is 9.67. The monoisotopic (exact) mass is 288 g/mol. The maximum Gasteiger partial charge on any atom is 0.134 e. The van der Waals surface area contributed by atoms with E-state index in [2.05, 4.69) is 28.9 Å². The number of nitrogens with zero attached hydrogens (tertiary/aromatic N) is 1. The molecule has 1 aromatic rings. The van der Waals surface area contributed by atoms with Crippen LogP contribution in [-0.2, 0) is 6.54 Å². The number of hydrogen-bond acceptors (Lipinski definition) is 4. The summed E-state index contributed by atoms with van der Waals surface area (Å²) in [7, 11) is 1.65. The Bertz CT molecular complexity index is 531. The lowest BCUT2D eigenvalue weighted by Crippen LogP contribution is -2.24. The zero-order valence-electron chi connectivity index (χ0n) is 12.8. The van der Waals surface area contributed by atoms with Crippen molar-refractivity contribution in [3.05, 3.63) is 29.3 Å². The van der Waals surface area contributed by atoms with Crippen molar-refractivity contribution >= 4 is 0 Å². The predicted molar refractivity (Wildman–Crippen MR) is 84.0 cm³/mol. The van der Waals surface area contributed by atoms with Crippen LogP contribution in [0, 0.1) is 17.8 Å². The highest BCUT2D eigenvalue weighted by molar-refractivity contribution is 5.48. The molecule has 0 amide bonds. The summed E-state index contributed by atoms with van der Waals surface area (Å²) in [5, 5.41) is 9.67. The van der Waals surface area contributed by atoms with Crippen LogP contribution in [0.4, 0.5) is 0 Å². The lowest BCUT2D eigenvalue weighted by atomic mass is 10.0. The molecule has 0 bridgehead atoms. The van der Waals surface area contributed by atoms with Crippen LogP contribution in [-0.4, -0.2) is 42.9 Å². The normalized spacial score (nSPS) is 19.9. The predicted octanol–water partition coefficient (Wildman–Crippen LogP) is 1.21. The van der Waals surface area contributed by atoms with Gasteiger partial charge in [0.2, 0.25) is 0 Å². The van der Waals surface area contributed by atoms with E-state index in [1.807, 2.05) is 13.0 Å². The molecular formula is C17H24N2O2. The van der Waals surface area contributed by atoms with Gasteiger partial charge in [0.05, 0.1) is 25.3 Å². The third-order valence-corrected chi connectivity index (χ3v) is 3.99. The van der Waals surface area contributed by atoms with Crippen molar-refractivity contribution in [3.63, 3.8) is 0 Å². The molecule has 21 heavy (non-hydrogen) atoms. The molecule has 1 fully saturated rings. The summed E-state index contributed by atoms with van der Waals surface area (Å²) in [6.45, 7) is 5.08. The van der Waals surface area contributed by atoms with Gasteiger partial charge in [0.1, 0.15) is 5.75 Å². The van der Waals surface area contributed by atoms with E-state index in [1.54, 1.807) is 7.11 Å². The number of likely N-dealkylation sites (tertiary alicyclic amines) is 1. The molecule has 1 aliphatic heterocycles. The largest absolute Gasteiger partial charge is 0.495 e. The molecule has 2 unspecified atom stereocenters. The molecule has 1 aromatic carbocycles. The standard InChI is InChI=1S/C17H24N2O2/c1-13(20)16-7-9-19(12-16)11-14-5-6-17(21-2)15(10-14)4-3-8-18/h5-6,10,13,16,20H,7-9,11-12,18H2,1-2H3. The fourth-order valence-corrected chi connectivity index (χ4v) is 2.76. The maximum atomic E-state index is 9.67. The number of aliphatic hydroxyl groups excluding tert-OH is 1. The van der Waals surface area contributed by atoms with E-state index < -0.39 is 0 Å². The molecule has 2 rings (SSSR count). The van der Waals surface area contributed by atoms with E-state index in [4.69, 9.17) is 10.5 Å². The second-order valence-electron chi connectivity index (χ2n) is 5.57. The van der Waals surface area contributed by atoms with E-state index in [1.165, 1.54) is 5.56 Å². The van der Waals surface area contributed by atoms with E-state index in [9.17, 15) is 5.11 Å². The fourth-order valence-electron chi connectivity index (χ4n) is 2.76. The number of rotatable bonds is 4. The molecule has 0 radical (unpaired) electrons. The highest BCUT2D eigenvalue weighted by Gasteiger charge is 2.25. The topological polar surface area (TPSA) is 58.7 Å². The minimum absolute atomic E-state index is 0.225. The van der Waals surface area contributed by atoms with Gasteiger partial charge in [0.15, 0.2) is 0 Å². The van der Waals surface area contributed by atoms with Crippen LogP contribution in [0.1, 0.15) is 24.5 Å². The Morgan fingerprint density at radius 1 is 1.52 bits per heavy atom. The highest BCUT2D eigenvalue weighted by Crippen LogP contribution is 2.24. The first-order valence-corrected chi connectivity index (χ1v) is 7.40. The van der Waals surface area contributed by atoms with E-state index in [-0.39, 0.29) is 6.10 Å². The molecule has 2 atom stereocenters. The number of ether oxygens (including phenoxy) is 1. The first kappa shape index (κ1) is 15.8. The van der Waals surface area contributed by atoms with Gasteiger partial charge in [-0.1, -0.05) is 17.9 Å². The van der Waals surface area contributed by atoms with Crippen molar-refractivity contribution in [2.24, 2.45) is 11.7 Å². The molecule has 4 nitrogen and oxygen atoms in total. The Kier molecular flexibility index (Phi) is 5.63. The van der Waals surface area contributed by atoms with Gasteiger partial charge in [-0.2, -0.15) is 0 Å². The minimum Gasteiger partial charge on any atom is -0.495 e. The number of methoxy groups -OCH3 is 1. The zero-order valence-corrected chi connectivity index (χ0v) is 12.8. The third-order valence-electron chi connectivity index (χ3n) is 3.99. The second kappa shape index (κ2) is 7.46. The Labute approximate surface area is 126 Å². The van der Waals surface area contributed by atoms with E-state index in [0.29, 0.717) is 12.5 Å². The molecule has 0 spiro atoms. The summed E-state index contributed by atoms with van der Waals surface area (Å²) in [5.41, 5.74) is 7.53. The van der Waals surface area contributed by atoms with Crippen LogP contribution in [0.5, 0.6) is 5.75 Å². The van der Waals surface area contributed by atoms with E-state index >= 15 is 0 Å². The van der Waals surface area contributed by atoms with Gasteiger partial charge in [-0.05, 0) is 43.5 Å². The lowest BCUT2D eigenvalue weighted by molar-refractivity contribution is 0.127. The summed E-state index contributed by atoms with van der Waals surface area (Å²) < 4.78 is 5.33. The molecule has 0 aromatic heterocycles. The Morgan fingerprint density at radius 3 is 2.95 bits per heavy atom. The van der Waals surface area contributed by atoms with Crippen molar-refractivity contribution in [1.82, 2.24) is 4.90 Å². The van der Waals surface area contributed by atoms with Crippen molar-refractivity contribution in [2.45, 2.75) is 26.0 Å². The van der Waals surface area contributed by atoms with Crippen LogP contribution in [0.3, 0.4) is 0 Å². The molecular weight excluding hydrogens is 264 g/mol.